The first-order chi connectivity index (χ1) is 14.1. The van der Waals surface area contributed by atoms with Gasteiger partial charge in [-0.15, -0.1) is 0 Å². The maximum atomic E-state index is 13.3. The van der Waals surface area contributed by atoms with Crippen LogP contribution in [0.2, 0.25) is 0 Å². The normalized spacial score (nSPS) is 15.8. The summed E-state index contributed by atoms with van der Waals surface area (Å²) < 4.78 is 15.2. The summed E-state index contributed by atoms with van der Waals surface area (Å²) in [4.78, 5) is 31.2. The number of nitrogens with one attached hydrogen (secondary N) is 1. The fourth-order valence-electron chi connectivity index (χ4n) is 3.60. The van der Waals surface area contributed by atoms with Crippen LogP contribution in [0.15, 0.2) is 67.1 Å². The van der Waals surface area contributed by atoms with Gasteiger partial charge in [-0.25, -0.2) is 4.39 Å². The second kappa shape index (κ2) is 8.26. The molecule has 3 heterocycles. The molecule has 7 heteroatoms. The zero-order valence-electron chi connectivity index (χ0n) is 15.8. The van der Waals surface area contributed by atoms with Crippen molar-refractivity contribution in [1.82, 2.24) is 19.8 Å². The lowest BCUT2D eigenvalue weighted by Gasteiger charge is -2.36. The zero-order chi connectivity index (χ0) is 20.2. The molecule has 1 aromatic carbocycles. The van der Waals surface area contributed by atoms with Crippen molar-refractivity contribution < 1.29 is 14.0 Å². The van der Waals surface area contributed by atoms with Crippen molar-refractivity contribution >= 4 is 11.8 Å². The largest absolute Gasteiger partial charge is 0.354 e. The van der Waals surface area contributed by atoms with Crippen LogP contribution in [-0.4, -0.2) is 38.9 Å². The Morgan fingerprint density at radius 1 is 1.17 bits per heavy atom. The molecule has 3 aromatic rings. The van der Waals surface area contributed by atoms with E-state index < -0.39 is 0 Å². The molecule has 0 aliphatic carbocycles. The van der Waals surface area contributed by atoms with E-state index in [9.17, 15) is 14.0 Å². The monoisotopic (exact) mass is 392 g/mol. The van der Waals surface area contributed by atoms with Crippen LogP contribution in [0.5, 0.6) is 0 Å². The first-order valence-corrected chi connectivity index (χ1v) is 9.46. The van der Waals surface area contributed by atoms with Crippen LogP contribution in [-0.2, 0) is 24.3 Å². The number of aromatic nitrogens is 2. The summed E-state index contributed by atoms with van der Waals surface area (Å²) in [7, 11) is 0. The number of halogens is 1. The first-order valence-electron chi connectivity index (χ1n) is 9.46. The smallest absolute Gasteiger partial charge is 0.271 e. The molecule has 0 saturated heterocycles. The second-order valence-electron chi connectivity index (χ2n) is 7.10. The molecule has 2 aromatic heterocycles. The van der Waals surface area contributed by atoms with E-state index >= 15 is 0 Å². The van der Waals surface area contributed by atoms with Gasteiger partial charge in [-0.05, 0) is 41.5 Å². The van der Waals surface area contributed by atoms with Crippen molar-refractivity contribution in [2.45, 2.75) is 25.6 Å². The third-order valence-corrected chi connectivity index (χ3v) is 5.02. The third-order valence-electron chi connectivity index (χ3n) is 5.02. The van der Waals surface area contributed by atoms with Crippen LogP contribution in [0.25, 0.3) is 0 Å². The van der Waals surface area contributed by atoms with Crippen molar-refractivity contribution in [2.24, 2.45) is 0 Å². The average Bonchev–Trinajstić information content (AvgIpc) is 3.18. The minimum absolute atomic E-state index is 0.0746. The molecule has 0 spiro atoms. The van der Waals surface area contributed by atoms with Crippen LogP contribution >= 0.6 is 0 Å². The molecule has 148 valence electrons. The standard InChI is InChI=1S/C22H21FN4O2/c23-18-6-1-4-16(10-18)11-21(28)25-13-19-15-26-9-3-7-20(26)22(29)27(19)14-17-5-2-8-24-12-17/h1-10,12,19H,11,13-15H2,(H,25,28). The van der Waals surface area contributed by atoms with Gasteiger partial charge >= 0.3 is 0 Å². The highest BCUT2D eigenvalue weighted by atomic mass is 19.1. The van der Waals surface area contributed by atoms with Gasteiger partial charge in [-0.3, -0.25) is 14.6 Å². The number of fused-ring (bicyclic) bond motifs is 1. The average molecular weight is 392 g/mol. The maximum Gasteiger partial charge on any atom is 0.271 e. The lowest BCUT2D eigenvalue weighted by atomic mass is 10.1. The van der Waals surface area contributed by atoms with E-state index in [4.69, 9.17) is 0 Å². The predicted molar refractivity (Wildman–Crippen MR) is 105 cm³/mol. The molecule has 1 aliphatic heterocycles. The Bertz CT molecular complexity index is 1020. The quantitative estimate of drug-likeness (QED) is 0.701. The van der Waals surface area contributed by atoms with Gasteiger partial charge in [-0.1, -0.05) is 18.2 Å². The van der Waals surface area contributed by atoms with Gasteiger partial charge in [0.05, 0.1) is 12.5 Å². The third kappa shape index (κ3) is 4.34. The van der Waals surface area contributed by atoms with E-state index in [1.165, 1.54) is 12.1 Å². The first kappa shape index (κ1) is 18.9. The van der Waals surface area contributed by atoms with E-state index in [1.807, 2.05) is 29.0 Å². The molecule has 6 nitrogen and oxygen atoms in total. The van der Waals surface area contributed by atoms with Crippen molar-refractivity contribution in [3.63, 3.8) is 0 Å². The van der Waals surface area contributed by atoms with E-state index in [-0.39, 0.29) is 30.1 Å². The molecule has 29 heavy (non-hydrogen) atoms. The zero-order valence-corrected chi connectivity index (χ0v) is 15.8. The molecule has 0 saturated carbocycles. The van der Waals surface area contributed by atoms with Gasteiger partial charge < -0.3 is 14.8 Å². The number of amides is 2. The molecule has 1 aliphatic rings. The fraction of sp³-hybridized carbons (Fsp3) is 0.227. The number of carbonyl (C=O) groups is 2. The fourth-order valence-corrected chi connectivity index (χ4v) is 3.60. The summed E-state index contributed by atoms with van der Waals surface area (Å²) in [5.74, 6) is -0.645. The number of pyridine rings is 1. The van der Waals surface area contributed by atoms with E-state index in [0.717, 1.165) is 5.56 Å². The molecule has 1 atom stereocenters. The molecule has 0 fully saturated rings. The summed E-state index contributed by atoms with van der Waals surface area (Å²) in [6, 6.07) is 13.2. The number of hydrogen-bond acceptors (Lipinski definition) is 3. The molecule has 1 N–H and O–H groups in total. The summed E-state index contributed by atoms with van der Waals surface area (Å²) in [5, 5.41) is 2.90. The van der Waals surface area contributed by atoms with Crippen molar-refractivity contribution in [3.8, 4) is 0 Å². The van der Waals surface area contributed by atoms with Gasteiger partial charge in [0.2, 0.25) is 5.91 Å². The predicted octanol–water partition coefficient (Wildman–Crippen LogP) is 2.41. The van der Waals surface area contributed by atoms with E-state index in [0.29, 0.717) is 30.9 Å². The van der Waals surface area contributed by atoms with Crippen LogP contribution in [0, 0.1) is 5.82 Å². The highest BCUT2D eigenvalue weighted by Crippen LogP contribution is 2.20. The van der Waals surface area contributed by atoms with Crippen LogP contribution < -0.4 is 5.32 Å². The minimum Gasteiger partial charge on any atom is -0.354 e. The van der Waals surface area contributed by atoms with Gasteiger partial charge in [0.25, 0.3) is 5.91 Å². The molecular formula is C22H21FN4O2. The summed E-state index contributed by atoms with van der Waals surface area (Å²) in [6.07, 6.45) is 5.39. The summed E-state index contributed by atoms with van der Waals surface area (Å²) >= 11 is 0. The number of rotatable bonds is 6. The van der Waals surface area contributed by atoms with Gasteiger partial charge in [0, 0.05) is 38.2 Å². The molecule has 1 unspecified atom stereocenters. The van der Waals surface area contributed by atoms with Gasteiger partial charge in [0.15, 0.2) is 0 Å². The molecule has 2 amide bonds. The SMILES string of the molecule is O=C(Cc1cccc(F)c1)NCC1Cn2cccc2C(=O)N1Cc1cccnc1. The highest BCUT2D eigenvalue weighted by Gasteiger charge is 2.32. The van der Waals surface area contributed by atoms with E-state index in [1.54, 1.807) is 35.5 Å². The van der Waals surface area contributed by atoms with Crippen LogP contribution in [0.1, 0.15) is 21.6 Å². The van der Waals surface area contributed by atoms with Crippen molar-refractivity contribution in [2.75, 3.05) is 6.54 Å². The Morgan fingerprint density at radius 3 is 2.83 bits per heavy atom. The summed E-state index contributed by atoms with van der Waals surface area (Å²) in [5.41, 5.74) is 2.18. The number of carbonyl (C=O) groups excluding carboxylic acids is 2. The Hall–Kier alpha value is -3.48. The Labute approximate surface area is 168 Å². The number of hydrogen-bond donors (Lipinski definition) is 1. The summed E-state index contributed by atoms with van der Waals surface area (Å²) in [6.45, 7) is 1.33. The maximum absolute atomic E-state index is 13.3. The molecule has 4 rings (SSSR count). The lowest BCUT2D eigenvalue weighted by Crippen LogP contribution is -2.52. The Kier molecular flexibility index (Phi) is 5.37. The van der Waals surface area contributed by atoms with Crippen molar-refractivity contribution in [1.29, 1.82) is 0 Å². The lowest BCUT2D eigenvalue weighted by molar-refractivity contribution is -0.120. The van der Waals surface area contributed by atoms with Crippen molar-refractivity contribution in [3.05, 3.63) is 89.8 Å². The highest BCUT2D eigenvalue weighted by molar-refractivity contribution is 5.93. The van der Waals surface area contributed by atoms with Gasteiger partial charge in [-0.2, -0.15) is 0 Å². The number of benzene rings is 1. The molecular weight excluding hydrogens is 371 g/mol. The second-order valence-corrected chi connectivity index (χ2v) is 7.10. The van der Waals surface area contributed by atoms with E-state index in [2.05, 4.69) is 10.3 Å². The molecule has 0 radical (unpaired) electrons. The Morgan fingerprint density at radius 2 is 2.03 bits per heavy atom. The minimum atomic E-state index is -0.365. The number of nitrogens with zero attached hydrogens (tertiary/aromatic N) is 3. The topological polar surface area (TPSA) is 67.2 Å². The molecule has 0 bridgehead atoms. The van der Waals surface area contributed by atoms with Crippen LogP contribution in [0.3, 0.4) is 0 Å². The van der Waals surface area contributed by atoms with Gasteiger partial charge in [0.1, 0.15) is 11.5 Å². The van der Waals surface area contributed by atoms with Crippen LogP contribution in [0.4, 0.5) is 4.39 Å². The Balaban J connectivity index is 1.46.